The van der Waals surface area contributed by atoms with Gasteiger partial charge in [0.05, 0.1) is 12.2 Å². The number of carbonyl (C=O) groups is 1. The van der Waals surface area contributed by atoms with Crippen molar-refractivity contribution in [1.29, 1.82) is 0 Å². The lowest BCUT2D eigenvalue weighted by Crippen LogP contribution is -2.62. The van der Waals surface area contributed by atoms with Crippen molar-refractivity contribution < 1.29 is 24.5 Å². The molecule has 2 N–H and O–H groups in total. The summed E-state index contributed by atoms with van der Waals surface area (Å²) in [4.78, 5) is 11.2. The summed E-state index contributed by atoms with van der Waals surface area (Å²) in [6.45, 7) is 9.93. The maximum atomic E-state index is 11.9. The lowest BCUT2D eigenvalue weighted by molar-refractivity contribution is -0.212. The first-order chi connectivity index (χ1) is 15.7. The fourth-order valence-corrected chi connectivity index (χ4v) is 9.79. The van der Waals surface area contributed by atoms with E-state index >= 15 is 0 Å². The predicted octanol–water partition coefficient (Wildman–Crippen LogP) is 5.74. The fraction of sp³-hybridized carbons (Fsp3) is 0.964. The van der Waals surface area contributed by atoms with Crippen molar-refractivity contribution in [3.63, 3.8) is 0 Å². The standard InChI is InChI=1S/C28H48O5/c1-6-19-23-15-18(33-16-32-5)11-13-28(23,4)22-12-14-27(3)20(17(2)7-10-24(29)30)8-9-21(27)25(22)26(19)31/h17-23,25-26,31H,6-16H2,1-5H3,(H,29,30)/t17-,18-,19-,20-,21+,22+,23+,25+,26-,27-,28-/m1/s1. The Bertz CT molecular complexity index is 696. The van der Waals surface area contributed by atoms with Gasteiger partial charge in [0.15, 0.2) is 0 Å². The zero-order chi connectivity index (χ0) is 24.0. The molecule has 4 saturated carbocycles. The number of aliphatic hydroxyl groups is 1. The van der Waals surface area contributed by atoms with Crippen LogP contribution in [0.2, 0.25) is 0 Å². The Morgan fingerprint density at radius 1 is 1.06 bits per heavy atom. The molecule has 0 bridgehead atoms. The van der Waals surface area contributed by atoms with Crippen LogP contribution in [0.1, 0.15) is 91.9 Å². The van der Waals surface area contributed by atoms with Gasteiger partial charge in [-0.1, -0.05) is 34.1 Å². The minimum atomic E-state index is -0.678. The minimum absolute atomic E-state index is 0.225. The molecule has 0 saturated heterocycles. The molecular formula is C28H48O5. The third-order valence-electron chi connectivity index (χ3n) is 11.4. The Balaban J connectivity index is 1.57. The second-order valence-corrected chi connectivity index (χ2v) is 12.6. The Morgan fingerprint density at radius 2 is 1.76 bits per heavy atom. The van der Waals surface area contributed by atoms with E-state index in [1.165, 1.54) is 32.1 Å². The molecule has 0 heterocycles. The van der Waals surface area contributed by atoms with Crippen molar-refractivity contribution in [2.45, 2.75) is 104 Å². The molecule has 0 radical (unpaired) electrons. The molecule has 0 aromatic carbocycles. The zero-order valence-electron chi connectivity index (χ0n) is 21.6. The van der Waals surface area contributed by atoms with E-state index in [4.69, 9.17) is 9.47 Å². The third kappa shape index (κ3) is 4.29. The lowest BCUT2D eigenvalue weighted by Gasteiger charge is -2.65. The maximum Gasteiger partial charge on any atom is 0.303 e. The van der Waals surface area contributed by atoms with E-state index in [1.54, 1.807) is 7.11 Å². The van der Waals surface area contributed by atoms with Crippen molar-refractivity contribution in [2.24, 2.45) is 52.3 Å². The summed E-state index contributed by atoms with van der Waals surface area (Å²) in [7, 11) is 1.69. The van der Waals surface area contributed by atoms with Gasteiger partial charge in [0.1, 0.15) is 6.79 Å². The summed E-state index contributed by atoms with van der Waals surface area (Å²) in [6.07, 6.45) is 10.3. The molecular weight excluding hydrogens is 416 g/mol. The fourth-order valence-electron chi connectivity index (χ4n) is 9.79. The first-order valence-corrected chi connectivity index (χ1v) is 13.7. The number of fused-ring (bicyclic) bond motifs is 5. The monoisotopic (exact) mass is 464 g/mol. The SMILES string of the molecule is CC[C@H]1[C@@H](O)[C@@H]2[C@H](CC[C@]3(C)[C@@H]([C@H](C)CCC(=O)O)CC[C@@H]23)[C@@]2(C)CC[C@@H](OCOC)C[C@@H]12. The Hall–Kier alpha value is -0.650. The van der Waals surface area contributed by atoms with Gasteiger partial charge < -0.3 is 19.7 Å². The van der Waals surface area contributed by atoms with Crippen LogP contribution in [0, 0.1) is 52.3 Å². The molecule has 0 unspecified atom stereocenters. The second-order valence-electron chi connectivity index (χ2n) is 12.6. The molecule has 11 atom stereocenters. The highest BCUT2D eigenvalue weighted by Gasteiger charge is 2.64. The number of carboxylic acid groups (broad SMARTS) is 1. The molecule has 0 amide bonds. The van der Waals surface area contributed by atoms with Crippen molar-refractivity contribution in [1.82, 2.24) is 0 Å². The smallest absolute Gasteiger partial charge is 0.303 e. The van der Waals surface area contributed by atoms with E-state index in [9.17, 15) is 15.0 Å². The predicted molar refractivity (Wildman–Crippen MR) is 129 cm³/mol. The summed E-state index contributed by atoms with van der Waals surface area (Å²) >= 11 is 0. The summed E-state index contributed by atoms with van der Waals surface area (Å²) < 4.78 is 11.2. The first-order valence-electron chi connectivity index (χ1n) is 13.7. The molecule has 4 fully saturated rings. The molecule has 5 nitrogen and oxygen atoms in total. The van der Waals surface area contributed by atoms with Gasteiger partial charge in [-0.05, 0) is 104 Å². The van der Waals surface area contributed by atoms with E-state index in [0.717, 1.165) is 25.7 Å². The average Bonchev–Trinajstić information content (AvgIpc) is 3.14. The Labute approximate surface area is 201 Å². The van der Waals surface area contributed by atoms with Gasteiger partial charge in [0, 0.05) is 13.5 Å². The average molecular weight is 465 g/mol. The highest BCUT2D eigenvalue weighted by Crippen LogP contribution is 2.69. The second kappa shape index (κ2) is 9.78. The zero-order valence-corrected chi connectivity index (χ0v) is 21.6. The third-order valence-corrected chi connectivity index (χ3v) is 11.4. The topological polar surface area (TPSA) is 76.0 Å². The highest BCUT2D eigenvalue weighted by molar-refractivity contribution is 5.66. The molecule has 33 heavy (non-hydrogen) atoms. The number of hydrogen-bond acceptors (Lipinski definition) is 4. The van der Waals surface area contributed by atoms with Gasteiger partial charge >= 0.3 is 5.97 Å². The molecule has 5 heteroatoms. The van der Waals surface area contributed by atoms with Crippen LogP contribution in [0.4, 0.5) is 0 Å². The largest absolute Gasteiger partial charge is 0.481 e. The number of aliphatic hydroxyl groups excluding tert-OH is 1. The number of methoxy groups -OCH3 is 1. The molecule has 190 valence electrons. The molecule has 0 spiro atoms. The normalized spacial score (nSPS) is 47.9. The van der Waals surface area contributed by atoms with E-state index in [-0.39, 0.29) is 29.5 Å². The van der Waals surface area contributed by atoms with Crippen molar-refractivity contribution >= 4 is 5.97 Å². The number of ether oxygens (including phenoxy) is 2. The van der Waals surface area contributed by atoms with Crippen molar-refractivity contribution in [3.8, 4) is 0 Å². The van der Waals surface area contributed by atoms with Crippen LogP contribution >= 0.6 is 0 Å². The van der Waals surface area contributed by atoms with E-state index < -0.39 is 5.97 Å². The summed E-state index contributed by atoms with van der Waals surface area (Å²) in [6, 6.07) is 0. The molecule has 4 rings (SSSR count). The minimum Gasteiger partial charge on any atom is -0.481 e. The number of aliphatic carboxylic acids is 1. The molecule has 0 aliphatic heterocycles. The van der Waals surface area contributed by atoms with Gasteiger partial charge in [-0.25, -0.2) is 0 Å². The van der Waals surface area contributed by atoms with E-state index in [2.05, 4.69) is 27.7 Å². The van der Waals surface area contributed by atoms with Crippen molar-refractivity contribution in [2.75, 3.05) is 13.9 Å². The van der Waals surface area contributed by atoms with Crippen LogP contribution in [0.25, 0.3) is 0 Å². The van der Waals surface area contributed by atoms with Crippen LogP contribution in [0.5, 0.6) is 0 Å². The van der Waals surface area contributed by atoms with Gasteiger partial charge in [0.25, 0.3) is 0 Å². The highest BCUT2D eigenvalue weighted by atomic mass is 16.7. The van der Waals surface area contributed by atoms with E-state index in [0.29, 0.717) is 48.2 Å². The Morgan fingerprint density at radius 3 is 2.42 bits per heavy atom. The first kappa shape index (κ1) is 25.4. The molecule has 4 aliphatic carbocycles. The number of carboxylic acids is 1. The summed E-state index contributed by atoms with van der Waals surface area (Å²) in [5, 5.41) is 21.1. The molecule has 0 aromatic heterocycles. The van der Waals surface area contributed by atoms with Gasteiger partial charge in [-0.3, -0.25) is 4.79 Å². The van der Waals surface area contributed by atoms with Gasteiger partial charge in [0.2, 0.25) is 0 Å². The van der Waals surface area contributed by atoms with Crippen LogP contribution in [0.15, 0.2) is 0 Å². The summed E-state index contributed by atoms with van der Waals surface area (Å²) in [5.41, 5.74) is 0.520. The maximum absolute atomic E-state index is 11.9. The van der Waals surface area contributed by atoms with Crippen LogP contribution in [-0.2, 0) is 14.3 Å². The Kier molecular flexibility index (Phi) is 7.54. The van der Waals surface area contributed by atoms with E-state index in [1.807, 2.05) is 0 Å². The summed E-state index contributed by atoms with van der Waals surface area (Å²) in [5.74, 6) is 2.76. The number of hydrogen-bond donors (Lipinski definition) is 2. The van der Waals surface area contributed by atoms with Crippen LogP contribution in [-0.4, -0.2) is 42.3 Å². The van der Waals surface area contributed by atoms with Crippen LogP contribution in [0.3, 0.4) is 0 Å². The molecule has 4 aliphatic rings. The molecule has 0 aromatic rings. The van der Waals surface area contributed by atoms with Crippen molar-refractivity contribution in [3.05, 3.63) is 0 Å². The lowest BCUT2D eigenvalue weighted by atomic mass is 9.41. The van der Waals surface area contributed by atoms with Gasteiger partial charge in [-0.15, -0.1) is 0 Å². The number of rotatable bonds is 8. The quantitative estimate of drug-likeness (QED) is 0.448. The van der Waals surface area contributed by atoms with Crippen LogP contribution < -0.4 is 0 Å². The van der Waals surface area contributed by atoms with Gasteiger partial charge in [-0.2, -0.15) is 0 Å².